The number of ether oxygens (including phenoxy) is 3. The molecule has 2 aromatic rings. The smallest absolute Gasteiger partial charge is 0.311 e. The molecule has 0 saturated carbocycles. The van der Waals surface area contributed by atoms with Crippen LogP contribution in [-0.2, 0) is 14.3 Å². The maximum atomic E-state index is 12.0. The third kappa shape index (κ3) is 8.72. The first kappa shape index (κ1) is 23.6. The zero-order valence-corrected chi connectivity index (χ0v) is 17.7. The van der Waals surface area contributed by atoms with Gasteiger partial charge in [0, 0.05) is 20.1 Å². The van der Waals surface area contributed by atoms with E-state index in [2.05, 4.69) is 5.32 Å². The molecular formula is C24H26N2O5. The van der Waals surface area contributed by atoms with E-state index in [1.165, 1.54) is 13.2 Å². The summed E-state index contributed by atoms with van der Waals surface area (Å²) in [4.78, 5) is 24.0. The predicted molar refractivity (Wildman–Crippen MR) is 116 cm³/mol. The lowest BCUT2D eigenvalue weighted by molar-refractivity contribution is -0.134. The summed E-state index contributed by atoms with van der Waals surface area (Å²) in [6, 6.07) is 16.2. The standard InChI is InChI=1S/C24H26N2O5/c1-18-5-3-6-22(15-18)30-13-4-7-23(27)31-21-10-8-19(9-11-21)16-20(17-25)24(28)26-12-14-29-2/h3,5-6,8-11,15-16H,4,7,12-14H2,1-2H3,(H,26,28)/b20-16+. The summed E-state index contributed by atoms with van der Waals surface area (Å²) in [6.45, 7) is 3.09. The second-order valence-electron chi connectivity index (χ2n) is 6.73. The van der Waals surface area contributed by atoms with E-state index in [0.29, 0.717) is 37.5 Å². The molecule has 0 aromatic heterocycles. The molecule has 2 rings (SSSR count). The van der Waals surface area contributed by atoms with Gasteiger partial charge in [0.2, 0.25) is 0 Å². The normalized spacial score (nSPS) is 10.8. The van der Waals surface area contributed by atoms with Crippen molar-refractivity contribution < 1.29 is 23.8 Å². The number of carbonyl (C=O) groups excluding carboxylic acids is 2. The highest BCUT2D eigenvalue weighted by molar-refractivity contribution is 6.01. The van der Waals surface area contributed by atoms with Crippen LogP contribution in [0.3, 0.4) is 0 Å². The van der Waals surface area contributed by atoms with E-state index >= 15 is 0 Å². The Kier molecular flexibility index (Phi) is 9.79. The molecule has 31 heavy (non-hydrogen) atoms. The first-order valence-electron chi connectivity index (χ1n) is 9.91. The number of nitrogens with zero attached hydrogens (tertiary/aromatic N) is 1. The minimum Gasteiger partial charge on any atom is -0.494 e. The van der Waals surface area contributed by atoms with Crippen molar-refractivity contribution in [2.45, 2.75) is 19.8 Å². The number of hydrogen-bond acceptors (Lipinski definition) is 6. The van der Waals surface area contributed by atoms with Crippen LogP contribution in [0, 0.1) is 18.3 Å². The predicted octanol–water partition coefficient (Wildman–Crippen LogP) is 3.43. The number of rotatable bonds is 11. The third-order valence-electron chi connectivity index (χ3n) is 4.16. The second kappa shape index (κ2) is 12.8. The van der Waals surface area contributed by atoms with Crippen molar-refractivity contribution in [3.8, 4) is 17.6 Å². The Morgan fingerprint density at radius 3 is 2.55 bits per heavy atom. The van der Waals surface area contributed by atoms with E-state index < -0.39 is 5.91 Å². The van der Waals surface area contributed by atoms with Gasteiger partial charge in [-0.05, 0) is 54.8 Å². The number of hydrogen-bond donors (Lipinski definition) is 1. The molecule has 0 fully saturated rings. The fourth-order valence-electron chi connectivity index (χ4n) is 2.60. The lowest BCUT2D eigenvalue weighted by Crippen LogP contribution is -2.27. The summed E-state index contributed by atoms with van der Waals surface area (Å²) in [5.41, 5.74) is 1.74. The van der Waals surface area contributed by atoms with Gasteiger partial charge in [-0.1, -0.05) is 24.3 Å². The molecule has 1 amide bonds. The summed E-state index contributed by atoms with van der Waals surface area (Å²) in [5, 5.41) is 11.8. The molecule has 162 valence electrons. The molecule has 7 heteroatoms. The monoisotopic (exact) mass is 422 g/mol. The maximum absolute atomic E-state index is 12.0. The lowest BCUT2D eigenvalue weighted by Gasteiger charge is -2.07. The van der Waals surface area contributed by atoms with Gasteiger partial charge in [0.1, 0.15) is 23.1 Å². The van der Waals surface area contributed by atoms with Gasteiger partial charge < -0.3 is 19.5 Å². The summed E-state index contributed by atoms with van der Waals surface area (Å²) in [5.74, 6) is 0.347. The number of esters is 1. The zero-order valence-electron chi connectivity index (χ0n) is 17.7. The van der Waals surface area contributed by atoms with E-state index in [-0.39, 0.29) is 18.0 Å². The fourth-order valence-corrected chi connectivity index (χ4v) is 2.60. The van der Waals surface area contributed by atoms with Crippen molar-refractivity contribution in [3.05, 3.63) is 65.2 Å². The van der Waals surface area contributed by atoms with Gasteiger partial charge in [0.25, 0.3) is 5.91 Å². The summed E-state index contributed by atoms with van der Waals surface area (Å²) < 4.78 is 15.8. The molecule has 0 atom stereocenters. The highest BCUT2D eigenvalue weighted by atomic mass is 16.5. The average Bonchev–Trinajstić information content (AvgIpc) is 2.76. The molecule has 0 aliphatic rings. The van der Waals surface area contributed by atoms with Crippen LogP contribution in [0.1, 0.15) is 24.0 Å². The Hall–Kier alpha value is -3.63. The van der Waals surface area contributed by atoms with E-state index in [4.69, 9.17) is 14.2 Å². The van der Waals surface area contributed by atoms with Crippen molar-refractivity contribution in [1.29, 1.82) is 5.26 Å². The number of nitrogens with one attached hydrogen (secondary N) is 1. The molecule has 0 heterocycles. The van der Waals surface area contributed by atoms with Crippen molar-refractivity contribution in [3.63, 3.8) is 0 Å². The van der Waals surface area contributed by atoms with Gasteiger partial charge in [-0.2, -0.15) is 5.26 Å². The molecule has 7 nitrogen and oxygen atoms in total. The molecule has 0 unspecified atom stereocenters. The Morgan fingerprint density at radius 2 is 1.87 bits per heavy atom. The molecule has 1 N–H and O–H groups in total. The van der Waals surface area contributed by atoms with Gasteiger partial charge in [-0.15, -0.1) is 0 Å². The minimum atomic E-state index is -0.470. The van der Waals surface area contributed by atoms with Crippen LogP contribution in [0.25, 0.3) is 6.08 Å². The summed E-state index contributed by atoms with van der Waals surface area (Å²) >= 11 is 0. The van der Waals surface area contributed by atoms with Gasteiger partial charge in [-0.25, -0.2) is 0 Å². The van der Waals surface area contributed by atoms with Crippen molar-refractivity contribution in [2.24, 2.45) is 0 Å². The Bertz CT molecular complexity index is 945. The van der Waals surface area contributed by atoms with E-state index in [9.17, 15) is 14.9 Å². The Balaban J connectivity index is 1.79. The van der Waals surface area contributed by atoms with Crippen LogP contribution in [0.2, 0.25) is 0 Å². The molecule has 0 spiro atoms. The van der Waals surface area contributed by atoms with E-state index in [1.807, 2.05) is 37.3 Å². The number of benzene rings is 2. The second-order valence-corrected chi connectivity index (χ2v) is 6.73. The molecule has 2 aromatic carbocycles. The van der Waals surface area contributed by atoms with Crippen molar-refractivity contribution in [1.82, 2.24) is 5.32 Å². The van der Waals surface area contributed by atoms with Gasteiger partial charge in [0.15, 0.2) is 0 Å². The highest BCUT2D eigenvalue weighted by Crippen LogP contribution is 2.16. The third-order valence-corrected chi connectivity index (χ3v) is 4.16. The number of aryl methyl sites for hydroxylation is 1. The molecular weight excluding hydrogens is 396 g/mol. The SMILES string of the molecule is COCCNC(=O)/C(C#N)=C/c1ccc(OC(=O)CCCOc2cccc(C)c2)cc1. The number of amides is 1. The van der Waals surface area contributed by atoms with Crippen molar-refractivity contribution >= 4 is 18.0 Å². The Morgan fingerprint density at radius 1 is 1.10 bits per heavy atom. The van der Waals surface area contributed by atoms with Crippen LogP contribution >= 0.6 is 0 Å². The minimum absolute atomic E-state index is 0.0190. The van der Waals surface area contributed by atoms with E-state index in [0.717, 1.165) is 11.3 Å². The fraction of sp³-hybridized carbons (Fsp3) is 0.292. The van der Waals surface area contributed by atoms with Crippen LogP contribution < -0.4 is 14.8 Å². The van der Waals surface area contributed by atoms with E-state index in [1.54, 1.807) is 24.3 Å². The first-order chi connectivity index (χ1) is 15.0. The summed E-state index contributed by atoms with van der Waals surface area (Å²) in [6.07, 6.45) is 2.24. The largest absolute Gasteiger partial charge is 0.494 e. The molecule has 0 saturated heterocycles. The number of nitriles is 1. The average molecular weight is 422 g/mol. The zero-order chi connectivity index (χ0) is 22.5. The molecule has 0 bridgehead atoms. The lowest BCUT2D eigenvalue weighted by atomic mass is 10.1. The van der Waals surface area contributed by atoms with Crippen LogP contribution in [0.4, 0.5) is 0 Å². The quantitative estimate of drug-likeness (QED) is 0.196. The van der Waals surface area contributed by atoms with Gasteiger partial charge in [0.05, 0.1) is 13.2 Å². The Labute approximate surface area is 182 Å². The van der Waals surface area contributed by atoms with Crippen LogP contribution in [-0.4, -0.2) is 38.7 Å². The summed E-state index contributed by atoms with van der Waals surface area (Å²) in [7, 11) is 1.53. The van der Waals surface area contributed by atoms with Crippen LogP contribution in [0.15, 0.2) is 54.1 Å². The maximum Gasteiger partial charge on any atom is 0.311 e. The molecule has 0 aliphatic heterocycles. The van der Waals surface area contributed by atoms with Crippen LogP contribution in [0.5, 0.6) is 11.5 Å². The van der Waals surface area contributed by atoms with Crippen molar-refractivity contribution in [2.75, 3.05) is 26.9 Å². The number of carbonyl (C=O) groups is 2. The van der Waals surface area contributed by atoms with Gasteiger partial charge >= 0.3 is 5.97 Å². The molecule has 0 radical (unpaired) electrons. The molecule has 0 aliphatic carbocycles. The van der Waals surface area contributed by atoms with Gasteiger partial charge in [-0.3, -0.25) is 9.59 Å². The highest BCUT2D eigenvalue weighted by Gasteiger charge is 2.09. The number of methoxy groups -OCH3 is 1. The first-order valence-corrected chi connectivity index (χ1v) is 9.91. The topological polar surface area (TPSA) is 97.6 Å².